The summed E-state index contributed by atoms with van der Waals surface area (Å²) in [5, 5.41) is 11.0. The molecule has 0 radical (unpaired) electrons. The summed E-state index contributed by atoms with van der Waals surface area (Å²) in [5.41, 5.74) is 0. The summed E-state index contributed by atoms with van der Waals surface area (Å²) in [5.74, 6) is -1.34. The van der Waals surface area contributed by atoms with Crippen molar-refractivity contribution in [2.75, 3.05) is 6.54 Å². The highest BCUT2D eigenvalue weighted by atomic mass is 16.5. The van der Waals surface area contributed by atoms with Crippen LogP contribution >= 0.6 is 0 Å². The Bertz CT molecular complexity index is 629. The number of aliphatic carboxylic acids is 1. The molecular weight excluding hydrogens is 466 g/mol. The predicted octanol–water partition coefficient (Wildman–Crippen LogP) is 8.05. The highest BCUT2D eigenvalue weighted by molar-refractivity contribution is 5.80. The van der Waals surface area contributed by atoms with Crippen LogP contribution in [0.5, 0.6) is 0 Å². The fraction of sp³-hybridized carbons (Fsp3) is 0.774. The molecule has 0 aliphatic heterocycles. The van der Waals surface area contributed by atoms with Crippen molar-refractivity contribution in [1.29, 1.82) is 0 Å². The monoisotopic (exact) mass is 521 g/mol. The van der Waals surface area contributed by atoms with Crippen LogP contribution in [0.3, 0.4) is 0 Å². The van der Waals surface area contributed by atoms with Gasteiger partial charge in [-0.05, 0) is 64.2 Å². The van der Waals surface area contributed by atoms with E-state index in [0.717, 1.165) is 77.0 Å². The van der Waals surface area contributed by atoms with Gasteiger partial charge in [0, 0.05) is 12.8 Å². The van der Waals surface area contributed by atoms with E-state index >= 15 is 0 Å². The van der Waals surface area contributed by atoms with Crippen LogP contribution in [-0.2, 0) is 19.1 Å². The predicted molar refractivity (Wildman–Crippen MR) is 152 cm³/mol. The molecule has 1 unspecified atom stereocenters. The Kier molecular flexibility index (Phi) is 25.4. The second-order valence-electron chi connectivity index (χ2n) is 10.0. The molecule has 6 heteroatoms. The van der Waals surface area contributed by atoms with Crippen LogP contribution in [0.2, 0.25) is 0 Å². The third kappa shape index (κ3) is 26.8. The lowest BCUT2D eigenvalue weighted by atomic mass is 10.0. The summed E-state index contributed by atoms with van der Waals surface area (Å²) in [6, 6.07) is 0. The SMILES string of the molecule is CCCC/C=C\C/C=C\CCCCCCCC(=O)OC(CCCCC)CCCCCC(=O)NCC(=O)O. The molecule has 0 rings (SSSR count). The number of hydrogen-bond donors (Lipinski definition) is 2. The van der Waals surface area contributed by atoms with Gasteiger partial charge in [-0.1, -0.05) is 89.5 Å². The molecule has 0 spiro atoms. The lowest BCUT2D eigenvalue weighted by Crippen LogP contribution is -2.28. The summed E-state index contributed by atoms with van der Waals surface area (Å²) in [4.78, 5) is 34.4. The van der Waals surface area contributed by atoms with Crippen LogP contribution in [0, 0.1) is 0 Å². The van der Waals surface area contributed by atoms with E-state index in [0.29, 0.717) is 19.3 Å². The molecule has 0 fully saturated rings. The number of unbranched alkanes of at least 4 members (excludes halogenated alkanes) is 11. The number of carbonyl (C=O) groups is 3. The fourth-order valence-electron chi connectivity index (χ4n) is 4.12. The number of esters is 1. The molecule has 0 aromatic carbocycles. The standard InChI is InChI=1S/C31H55NO5/c1-3-5-7-8-9-10-11-12-13-14-15-16-17-22-26-31(36)37-28(23-19-6-4-2)24-20-18-21-25-29(33)32-27-30(34)35/h8-9,11-12,28H,3-7,10,13-27H2,1-2H3,(H,32,33)(H,34,35)/b9-8-,12-11-. The van der Waals surface area contributed by atoms with Crippen molar-refractivity contribution >= 4 is 17.8 Å². The Balaban J connectivity index is 3.91. The maximum Gasteiger partial charge on any atom is 0.322 e. The zero-order valence-electron chi connectivity index (χ0n) is 23.8. The summed E-state index contributed by atoms with van der Waals surface area (Å²) in [6.45, 7) is 4.06. The van der Waals surface area contributed by atoms with E-state index in [9.17, 15) is 14.4 Å². The smallest absolute Gasteiger partial charge is 0.322 e. The normalized spacial score (nSPS) is 12.3. The minimum atomic E-state index is -1.03. The summed E-state index contributed by atoms with van der Waals surface area (Å²) in [7, 11) is 0. The number of carbonyl (C=O) groups excluding carboxylic acids is 2. The molecule has 0 saturated heterocycles. The number of allylic oxidation sites excluding steroid dienone is 4. The van der Waals surface area contributed by atoms with Gasteiger partial charge < -0.3 is 15.2 Å². The molecule has 1 amide bonds. The third-order valence-corrected chi connectivity index (χ3v) is 6.38. The summed E-state index contributed by atoms with van der Waals surface area (Å²) >= 11 is 0. The van der Waals surface area contributed by atoms with E-state index in [1.807, 2.05) is 0 Å². The molecule has 0 bridgehead atoms. The minimum absolute atomic E-state index is 0.0341. The first-order valence-corrected chi connectivity index (χ1v) is 15.0. The van der Waals surface area contributed by atoms with Crippen LogP contribution in [-0.4, -0.2) is 35.6 Å². The van der Waals surface area contributed by atoms with Gasteiger partial charge in [0.25, 0.3) is 0 Å². The molecule has 37 heavy (non-hydrogen) atoms. The van der Waals surface area contributed by atoms with Crippen LogP contribution in [0.4, 0.5) is 0 Å². The Morgan fingerprint density at radius 1 is 0.703 bits per heavy atom. The lowest BCUT2D eigenvalue weighted by Gasteiger charge is -2.18. The van der Waals surface area contributed by atoms with Crippen molar-refractivity contribution < 1.29 is 24.2 Å². The summed E-state index contributed by atoms with van der Waals surface area (Å²) < 4.78 is 5.80. The van der Waals surface area contributed by atoms with Crippen molar-refractivity contribution in [2.24, 2.45) is 0 Å². The molecule has 0 heterocycles. The number of carboxylic acid groups (broad SMARTS) is 1. The van der Waals surface area contributed by atoms with E-state index in [1.54, 1.807) is 0 Å². The zero-order chi connectivity index (χ0) is 27.4. The van der Waals surface area contributed by atoms with Gasteiger partial charge in [-0.25, -0.2) is 0 Å². The second kappa shape index (κ2) is 26.9. The van der Waals surface area contributed by atoms with Gasteiger partial charge in [-0.2, -0.15) is 0 Å². The van der Waals surface area contributed by atoms with Gasteiger partial charge in [-0.15, -0.1) is 0 Å². The molecule has 0 aliphatic carbocycles. The van der Waals surface area contributed by atoms with Gasteiger partial charge >= 0.3 is 11.9 Å². The number of amides is 1. The van der Waals surface area contributed by atoms with Crippen molar-refractivity contribution in [2.45, 2.75) is 148 Å². The van der Waals surface area contributed by atoms with Gasteiger partial charge in [-0.3, -0.25) is 14.4 Å². The molecule has 0 aromatic rings. The van der Waals surface area contributed by atoms with Gasteiger partial charge in [0.2, 0.25) is 5.91 Å². The van der Waals surface area contributed by atoms with Crippen LogP contribution in [0.25, 0.3) is 0 Å². The lowest BCUT2D eigenvalue weighted by molar-refractivity contribution is -0.150. The molecule has 2 N–H and O–H groups in total. The van der Waals surface area contributed by atoms with Crippen molar-refractivity contribution in [1.82, 2.24) is 5.32 Å². The van der Waals surface area contributed by atoms with Crippen molar-refractivity contribution in [3.05, 3.63) is 24.3 Å². The van der Waals surface area contributed by atoms with E-state index in [2.05, 4.69) is 43.5 Å². The number of ether oxygens (including phenoxy) is 1. The molecule has 0 aromatic heterocycles. The molecule has 214 valence electrons. The van der Waals surface area contributed by atoms with Gasteiger partial charge in [0.1, 0.15) is 12.6 Å². The second-order valence-corrected chi connectivity index (χ2v) is 10.0. The number of hydrogen-bond acceptors (Lipinski definition) is 4. The third-order valence-electron chi connectivity index (χ3n) is 6.38. The van der Waals surface area contributed by atoms with E-state index in [1.165, 1.54) is 32.1 Å². The molecular formula is C31H55NO5. The van der Waals surface area contributed by atoms with Crippen LogP contribution < -0.4 is 5.32 Å². The van der Waals surface area contributed by atoms with Gasteiger partial charge in [0.05, 0.1) is 0 Å². The average molecular weight is 522 g/mol. The number of rotatable bonds is 26. The summed E-state index contributed by atoms with van der Waals surface area (Å²) in [6.07, 6.45) is 28.9. The van der Waals surface area contributed by atoms with Crippen molar-refractivity contribution in [3.63, 3.8) is 0 Å². The average Bonchev–Trinajstić information content (AvgIpc) is 2.87. The quantitative estimate of drug-likeness (QED) is 0.0682. The van der Waals surface area contributed by atoms with E-state index < -0.39 is 5.97 Å². The highest BCUT2D eigenvalue weighted by Crippen LogP contribution is 2.17. The number of nitrogens with one attached hydrogen (secondary N) is 1. The fourth-order valence-corrected chi connectivity index (χ4v) is 4.12. The van der Waals surface area contributed by atoms with E-state index in [-0.39, 0.29) is 24.5 Å². The first kappa shape index (κ1) is 34.9. The van der Waals surface area contributed by atoms with Crippen LogP contribution in [0.1, 0.15) is 142 Å². The first-order chi connectivity index (χ1) is 18.0. The Morgan fingerprint density at radius 3 is 1.95 bits per heavy atom. The minimum Gasteiger partial charge on any atom is -0.480 e. The first-order valence-electron chi connectivity index (χ1n) is 15.0. The van der Waals surface area contributed by atoms with E-state index in [4.69, 9.17) is 9.84 Å². The molecule has 0 aliphatic rings. The zero-order valence-corrected chi connectivity index (χ0v) is 23.8. The Labute approximate surface area is 226 Å². The maximum absolute atomic E-state index is 12.4. The largest absolute Gasteiger partial charge is 0.480 e. The molecule has 1 atom stereocenters. The Morgan fingerprint density at radius 2 is 1.27 bits per heavy atom. The van der Waals surface area contributed by atoms with Gasteiger partial charge in [0.15, 0.2) is 0 Å². The van der Waals surface area contributed by atoms with Crippen molar-refractivity contribution in [3.8, 4) is 0 Å². The highest BCUT2D eigenvalue weighted by Gasteiger charge is 2.14. The topological polar surface area (TPSA) is 92.7 Å². The Hall–Kier alpha value is -2.11. The maximum atomic E-state index is 12.4. The van der Waals surface area contributed by atoms with Crippen LogP contribution in [0.15, 0.2) is 24.3 Å². The number of carboxylic acids is 1. The molecule has 0 saturated carbocycles. The molecule has 6 nitrogen and oxygen atoms in total.